The molecule has 0 aliphatic carbocycles. The van der Waals surface area contributed by atoms with Crippen LogP contribution in [0.25, 0.3) is 0 Å². The van der Waals surface area contributed by atoms with Crippen molar-refractivity contribution in [2.75, 3.05) is 13.1 Å². The SMILES string of the molecule is C[C@H]1CCCN(C(=O)c2ccc(COc3ccc(Cl)cc3Cl)cc2)C1. The average Bonchev–Trinajstić information content (AvgIpc) is 2.61. The molecule has 0 bridgehead atoms. The summed E-state index contributed by atoms with van der Waals surface area (Å²) in [7, 11) is 0. The third kappa shape index (κ3) is 4.68. The van der Waals surface area contributed by atoms with Gasteiger partial charge in [-0.15, -0.1) is 0 Å². The van der Waals surface area contributed by atoms with Crippen LogP contribution in [0.15, 0.2) is 42.5 Å². The lowest BCUT2D eigenvalue weighted by atomic mass is 9.99. The molecule has 1 fully saturated rings. The molecule has 5 heteroatoms. The zero-order valence-corrected chi connectivity index (χ0v) is 15.7. The second-order valence-electron chi connectivity index (χ2n) is 6.56. The van der Waals surface area contributed by atoms with Crippen LogP contribution in [-0.2, 0) is 6.61 Å². The largest absolute Gasteiger partial charge is 0.487 e. The second-order valence-corrected chi connectivity index (χ2v) is 7.40. The van der Waals surface area contributed by atoms with Crippen molar-refractivity contribution < 1.29 is 9.53 Å². The Morgan fingerprint density at radius 3 is 2.64 bits per heavy atom. The van der Waals surface area contributed by atoms with Crippen LogP contribution >= 0.6 is 23.2 Å². The van der Waals surface area contributed by atoms with Crippen molar-refractivity contribution in [2.24, 2.45) is 5.92 Å². The van der Waals surface area contributed by atoms with Crippen LogP contribution in [0.2, 0.25) is 10.0 Å². The highest BCUT2D eigenvalue weighted by molar-refractivity contribution is 6.35. The van der Waals surface area contributed by atoms with Crippen LogP contribution in [0.4, 0.5) is 0 Å². The van der Waals surface area contributed by atoms with Crippen molar-refractivity contribution in [1.82, 2.24) is 4.90 Å². The fourth-order valence-corrected chi connectivity index (χ4v) is 3.52. The number of nitrogens with zero attached hydrogens (tertiary/aromatic N) is 1. The molecule has 0 N–H and O–H groups in total. The number of carbonyl (C=O) groups is 1. The van der Waals surface area contributed by atoms with Crippen LogP contribution in [0, 0.1) is 5.92 Å². The summed E-state index contributed by atoms with van der Waals surface area (Å²) < 4.78 is 5.72. The number of piperidine rings is 1. The lowest BCUT2D eigenvalue weighted by molar-refractivity contribution is 0.0683. The third-order valence-corrected chi connectivity index (χ3v) is 4.96. The van der Waals surface area contributed by atoms with E-state index in [2.05, 4.69) is 6.92 Å². The molecule has 1 amide bonds. The maximum Gasteiger partial charge on any atom is 0.253 e. The number of amides is 1. The molecule has 0 aromatic heterocycles. The molecule has 0 spiro atoms. The zero-order valence-electron chi connectivity index (χ0n) is 14.2. The van der Waals surface area contributed by atoms with E-state index in [4.69, 9.17) is 27.9 Å². The molecule has 1 aliphatic heterocycles. The van der Waals surface area contributed by atoms with E-state index in [1.54, 1.807) is 18.2 Å². The lowest BCUT2D eigenvalue weighted by Gasteiger charge is -2.31. The Kier molecular flexibility index (Phi) is 5.87. The van der Waals surface area contributed by atoms with E-state index in [1.807, 2.05) is 29.2 Å². The third-order valence-electron chi connectivity index (χ3n) is 4.43. The summed E-state index contributed by atoms with van der Waals surface area (Å²) in [6.45, 7) is 4.28. The first-order valence-electron chi connectivity index (χ1n) is 8.49. The fraction of sp³-hybridized carbons (Fsp3) is 0.350. The number of halogens is 2. The van der Waals surface area contributed by atoms with E-state index < -0.39 is 0 Å². The van der Waals surface area contributed by atoms with Gasteiger partial charge in [-0.3, -0.25) is 4.79 Å². The standard InChI is InChI=1S/C20H21Cl2NO2/c1-14-3-2-10-23(12-14)20(24)16-6-4-15(5-7-16)13-25-19-9-8-17(21)11-18(19)22/h4-9,11,14H,2-3,10,12-13H2,1H3/t14-/m0/s1. The molecular formula is C20H21Cl2NO2. The van der Waals surface area contributed by atoms with Gasteiger partial charge in [0.15, 0.2) is 0 Å². The maximum atomic E-state index is 12.6. The first-order chi connectivity index (χ1) is 12.0. The Hall–Kier alpha value is -1.71. The van der Waals surface area contributed by atoms with Gasteiger partial charge in [-0.1, -0.05) is 42.3 Å². The Labute approximate surface area is 158 Å². The highest BCUT2D eigenvalue weighted by atomic mass is 35.5. The van der Waals surface area contributed by atoms with E-state index in [-0.39, 0.29) is 5.91 Å². The fourth-order valence-electron chi connectivity index (χ4n) is 3.05. The highest BCUT2D eigenvalue weighted by Crippen LogP contribution is 2.28. The van der Waals surface area contributed by atoms with Crippen molar-refractivity contribution in [3.8, 4) is 5.75 Å². The van der Waals surface area contributed by atoms with Gasteiger partial charge in [0.25, 0.3) is 5.91 Å². The van der Waals surface area contributed by atoms with Crippen molar-refractivity contribution in [1.29, 1.82) is 0 Å². The molecule has 0 unspecified atom stereocenters. The van der Waals surface area contributed by atoms with Crippen molar-refractivity contribution in [3.63, 3.8) is 0 Å². The summed E-state index contributed by atoms with van der Waals surface area (Å²) in [5, 5.41) is 1.06. The minimum atomic E-state index is 0.111. The Morgan fingerprint density at radius 1 is 1.20 bits per heavy atom. The monoisotopic (exact) mass is 377 g/mol. The highest BCUT2D eigenvalue weighted by Gasteiger charge is 2.21. The molecule has 1 saturated heterocycles. The number of hydrogen-bond acceptors (Lipinski definition) is 2. The van der Waals surface area contributed by atoms with E-state index >= 15 is 0 Å². The molecule has 3 rings (SSSR count). The van der Waals surface area contributed by atoms with Crippen LogP contribution in [-0.4, -0.2) is 23.9 Å². The first-order valence-corrected chi connectivity index (χ1v) is 9.24. The van der Waals surface area contributed by atoms with Gasteiger partial charge >= 0.3 is 0 Å². The zero-order chi connectivity index (χ0) is 17.8. The minimum Gasteiger partial charge on any atom is -0.487 e. The number of benzene rings is 2. The first kappa shape index (κ1) is 18.1. The average molecular weight is 378 g/mol. The van der Waals surface area contributed by atoms with Crippen LogP contribution < -0.4 is 4.74 Å². The summed E-state index contributed by atoms with van der Waals surface area (Å²) in [6, 6.07) is 12.7. The van der Waals surface area contributed by atoms with Gasteiger partial charge in [0.1, 0.15) is 12.4 Å². The van der Waals surface area contributed by atoms with Crippen molar-refractivity contribution in [3.05, 3.63) is 63.6 Å². The molecule has 0 radical (unpaired) electrons. The van der Waals surface area contributed by atoms with E-state index in [0.717, 1.165) is 30.6 Å². The molecule has 2 aromatic carbocycles. The van der Waals surface area contributed by atoms with E-state index in [9.17, 15) is 4.79 Å². The van der Waals surface area contributed by atoms with E-state index in [1.165, 1.54) is 6.42 Å². The molecule has 1 heterocycles. The normalized spacial score (nSPS) is 17.4. The number of rotatable bonds is 4. The topological polar surface area (TPSA) is 29.5 Å². The quantitative estimate of drug-likeness (QED) is 0.709. The molecule has 3 nitrogen and oxygen atoms in total. The van der Waals surface area contributed by atoms with Gasteiger partial charge in [-0.05, 0) is 54.7 Å². The van der Waals surface area contributed by atoms with Gasteiger partial charge in [0.05, 0.1) is 5.02 Å². The number of ether oxygens (including phenoxy) is 1. The summed E-state index contributed by atoms with van der Waals surface area (Å²) >= 11 is 12.0. The Bertz CT molecular complexity index is 746. The molecule has 1 aliphatic rings. The number of hydrogen-bond donors (Lipinski definition) is 0. The lowest BCUT2D eigenvalue weighted by Crippen LogP contribution is -2.39. The van der Waals surface area contributed by atoms with Crippen LogP contribution in [0.1, 0.15) is 35.7 Å². The van der Waals surface area contributed by atoms with Gasteiger partial charge < -0.3 is 9.64 Å². The summed E-state index contributed by atoms with van der Waals surface area (Å²) in [5.74, 6) is 1.28. The molecule has 132 valence electrons. The molecule has 0 saturated carbocycles. The molecule has 25 heavy (non-hydrogen) atoms. The van der Waals surface area contributed by atoms with Crippen molar-refractivity contribution in [2.45, 2.75) is 26.4 Å². The molecular weight excluding hydrogens is 357 g/mol. The summed E-state index contributed by atoms with van der Waals surface area (Å²) in [5.41, 5.74) is 1.71. The number of likely N-dealkylation sites (tertiary alicyclic amines) is 1. The molecule has 2 aromatic rings. The Balaban J connectivity index is 1.61. The summed E-state index contributed by atoms with van der Waals surface area (Å²) in [6.07, 6.45) is 2.29. The Morgan fingerprint density at radius 2 is 1.96 bits per heavy atom. The van der Waals surface area contributed by atoms with Crippen LogP contribution in [0.5, 0.6) is 5.75 Å². The number of carbonyl (C=O) groups excluding carboxylic acids is 1. The maximum absolute atomic E-state index is 12.6. The van der Waals surface area contributed by atoms with E-state index in [0.29, 0.717) is 28.3 Å². The van der Waals surface area contributed by atoms with Crippen LogP contribution in [0.3, 0.4) is 0 Å². The van der Waals surface area contributed by atoms with Gasteiger partial charge in [0, 0.05) is 23.7 Å². The predicted molar refractivity (Wildman–Crippen MR) is 102 cm³/mol. The van der Waals surface area contributed by atoms with Gasteiger partial charge in [-0.25, -0.2) is 0 Å². The minimum absolute atomic E-state index is 0.111. The van der Waals surface area contributed by atoms with Gasteiger partial charge in [-0.2, -0.15) is 0 Å². The second kappa shape index (κ2) is 8.11. The predicted octanol–water partition coefficient (Wildman–Crippen LogP) is 5.44. The molecule has 1 atom stereocenters. The van der Waals surface area contributed by atoms with Gasteiger partial charge in [0.2, 0.25) is 0 Å². The van der Waals surface area contributed by atoms with Crippen molar-refractivity contribution >= 4 is 29.1 Å². The summed E-state index contributed by atoms with van der Waals surface area (Å²) in [4.78, 5) is 14.5. The smallest absolute Gasteiger partial charge is 0.253 e.